The van der Waals surface area contributed by atoms with Crippen LogP contribution in [0.15, 0.2) is 39.4 Å². The number of nitrogens with two attached hydrogens (primary N) is 1. The standard InChI is InChI=1S/C14H19N5OS/c1-14(2,3)17-8-9-4-5-12(16-7-9)21-13-18-10(15)6-11(20)19-13/h4-7,17H,8H2,1-3H3,(H3,15,18,19,20). The lowest BCUT2D eigenvalue weighted by Crippen LogP contribution is -2.35. The number of aromatic nitrogens is 3. The van der Waals surface area contributed by atoms with Crippen LogP contribution in [0.5, 0.6) is 0 Å². The van der Waals surface area contributed by atoms with Crippen molar-refractivity contribution in [3.05, 3.63) is 40.3 Å². The second-order valence-electron chi connectivity index (χ2n) is 5.69. The molecule has 0 aliphatic rings. The molecule has 0 amide bonds. The minimum atomic E-state index is -0.268. The van der Waals surface area contributed by atoms with Gasteiger partial charge in [0.05, 0.1) is 0 Å². The molecule has 2 aromatic rings. The van der Waals surface area contributed by atoms with Gasteiger partial charge in [-0.1, -0.05) is 6.07 Å². The lowest BCUT2D eigenvalue weighted by atomic mass is 10.1. The van der Waals surface area contributed by atoms with Crippen LogP contribution >= 0.6 is 11.8 Å². The number of aromatic amines is 1. The third-order valence-corrected chi connectivity index (χ3v) is 3.40. The summed E-state index contributed by atoms with van der Waals surface area (Å²) in [7, 11) is 0. The lowest BCUT2D eigenvalue weighted by molar-refractivity contribution is 0.424. The lowest BCUT2D eigenvalue weighted by Gasteiger charge is -2.20. The van der Waals surface area contributed by atoms with E-state index in [-0.39, 0.29) is 16.9 Å². The largest absolute Gasteiger partial charge is 0.383 e. The normalized spacial score (nSPS) is 11.6. The van der Waals surface area contributed by atoms with Crippen molar-refractivity contribution in [3.8, 4) is 0 Å². The van der Waals surface area contributed by atoms with E-state index in [4.69, 9.17) is 5.73 Å². The highest BCUT2D eigenvalue weighted by Crippen LogP contribution is 2.22. The first-order chi connectivity index (χ1) is 9.82. The SMILES string of the molecule is CC(C)(C)NCc1ccc(Sc2nc(N)cc(=O)[nH]2)nc1. The number of H-pyrrole nitrogens is 1. The summed E-state index contributed by atoms with van der Waals surface area (Å²) in [5.41, 5.74) is 6.44. The Bertz CT molecular complexity index is 660. The van der Waals surface area contributed by atoms with Gasteiger partial charge in [0.2, 0.25) is 0 Å². The van der Waals surface area contributed by atoms with E-state index in [0.29, 0.717) is 5.16 Å². The monoisotopic (exact) mass is 305 g/mol. The molecule has 112 valence electrons. The van der Waals surface area contributed by atoms with E-state index in [1.165, 1.54) is 17.8 Å². The van der Waals surface area contributed by atoms with E-state index in [9.17, 15) is 4.79 Å². The van der Waals surface area contributed by atoms with Crippen molar-refractivity contribution in [2.75, 3.05) is 5.73 Å². The van der Waals surface area contributed by atoms with Crippen molar-refractivity contribution < 1.29 is 0 Å². The summed E-state index contributed by atoms with van der Waals surface area (Å²) in [5, 5.41) is 4.59. The van der Waals surface area contributed by atoms with Gasteiger partial charge in [0.25, 0.3) is 5.56 Å². The third-order valence-electron chi connectivity index (χ3n) is 2.56. The fourth-order valence-corrected chi connectivity index (χ4v) is 2.29. The van der Waals surface area contributed by atoms with Crippen LogP contribution in [-0.2, 0) is 6.54 Å². The average Bonchev–Trinajstić information content (AvgIpc) is 2.36. The highest BCUT2D eigenvalue weighted by molar-refractivity contribution is 7.99. The molecule has 2 rings (SSSR count). The molecule has 0 bridgehead atoms. The van der Waals surface area contributed by atoms with E-state index >= 15 is 0 Å². The molecule has 0 radical (unpaired) electrons. The Balaban J connectivity index is 2.03. The van der Waals surface area contributed by atoms with Gasteiger partial charge in [-0.25, -0.2) is 9.97 Å². The number of nitrogen functional groups attached to an aromatic ring is 1. The maximum absolute atomic E-state index is 11.3. The van der Waals surface area contributed by atoms with Gasteiger partial charge >= 0.3 is 0 Å². The van der Waals surface area contributed by atoms with Gasteiger partial charge in [0.1, 0.15) is 10.8 Å². The van der Waals surface area contributed by atoms with Crippen molar-refractivity contribution in [1.82, 2.24) is 20.3 Å². The molecule has 4 N–H and O–H groups in total. The Morgan fingerprint density at radius 3 is 2.71 bits per heavy atom. The van der Waals surface area contributed by atoms with Gasteiger partial charge in [-0.2, -0.15) is 0 Å². The molecule has 0 aliphatic carbocycles. The fraction of sp³-hybridized carbons (Fsp3) is 0.357. The van der Waals surface area contributed by atoms with Gasteiger partial charge < -0.3 is 16.0 Å². The summed E-state index contributed by atoms with van der Waals surface area (Å²) >= 11 is 1.27. The molecule has 0 unspecified atom stereocenters. The molecule has 21 heavy (non-hydrogen) atoms. The summed E-state index contributed by atoms with van der Waals surface area (Å²) in [6.45, 7) is 7.11. The predicted octanol–water partition coefficient (Wildman–Crippen LogP) is 1.79. The van der Waals surface area contributed by atoms with Crippen LogP contribution in [0.2, 0.25) is 0 Å². The van der Waals surface area contributed by atoms with E-state index in [0.717, 1.165) is 17.1 Å². The highest BCUT2D eigenvalue weighted by Gasteiger charge is 2.09. The number of hydrogen-bond donors (Lipinski definition) is 3. The molecule has 2 aromatic heterocycles. The minimum absolute atomic E-state index is 0.0679. The van der Waals surface area contributed by atoms with Crippen molar-refractivity contribution in [3.63, 3.8) is 0 Å². The van der Waals surface area contributed by atoms with Crippen LogP contribution < -0.4 is 16.6 Å². The Morgan fingerprint density at radius 2 is 2.14 bits per heavy atom. The molecule has 0 saturated heterocycles. The minimum Gasteiger partial charge on any atom is -0.383 e. The first-order valence-corrected chi connectivity index (χ1v) is 7.38. The molecule has 0 spiro atoms. The number of rotatable bonds is 4. The summed E-state index contributed by atoms with van der Waals surface area (Å²) in [4.78, 5) is 22.3. The quantitative estimate of drug-likeness (QED) is 0.745. The number of nitrogens with one attached hydrogen (secondary N) is 2. The van der Waals surface area contributed by atoms with Crippen LogP contribution in [0.1, 0.15) is 26.3 Å². The maximum Gasteiger partial charge on any atom is 0.253 e. The Morgan fingerprint density at radius 1 is 1.38 bits per heavy atom. The van der Waals surface area contributed by atoms with E-state index in [2.05, 4.69) is 41.0 Å². The van der Waals surface area contributed by atoms with Crippen LogP contribution in [0, 0.1) is 0 Å². The highest BCUT2D eigenvalue weighted by atomic mass is 32.2. The molecule has 7 heteroatoms. The zero-order valence-corrected chi connectivity index (χ0v) is 13.1. The number of nitrogens with zero attached hydrogens (tertiary/aromatic N) is 2. The Kier molecular flexibility index (Phi) is 4.64. The van der Waals surface area contributed by atoms with Crippen molar-refractivity contribution in [2.24, 2.45) is 0 Å². The second-order valence-corrected chi connectivity index (χ2v) is 6.69. The summed E-state index contributed by atoms with van der Waals surface area (Å²) < 4.78 is 0. The number of hydrogen-bond acceptors (Lipinski definition) is 6. The van der Waals surface area contributed by atoms with Gasteiger partial charge in [0.15, 0.2) is 5.16 Å². The summed E-state index contributed by atoms with van der Waals surface area (Å²) in [5.74, 6) is 0.201. The van der Waals surface area contributed by atoms with E-state index in [1.807, 2.05) is 18.3 Å². The molecular weight excluding hydrogens is 286 g/mol. The molecule has 0 atom stereocenters. The molecular formula is C14H19N5OS. The van der Waals surface area contributed by atoms with Crippen LogP contribution in [0.4, 0.5) is 5.82 Å². The molecule has 0 saturated carbocycles. The fourth-order valence-electron chi connectivity index (χ4n) is 1.54. The van der Waals surface area contributed by atoms with Crippen LogP contribution in [0.25, 0.3) is 0 Å². The molecule has 0 aliphatic heterocycles. The van der Waals surface area contributed by atoms with Gasteiger partial charge in [-0.15, -0.1) is 0 Å². The number of anilines is 1. The second kappa shape index (κ2) is 6.28. The summed E-state index contributed by atoms with van der Waals surface area (Å²) in [6.07, 6.45) is 1.81. The topological polar surface area (TPSA) is 96.7 Å². The maximum atomic E-state index is 11.3. The third kappa shape index (κ3) is 5.20. The Hall–Kier alpha value is -1.86. The number of pyridine rings is 1. The van der Waals surface area contributed by atoms with Gasteiger partial charge in [-0.05, 0) is 44.2 Å². The van der Waals surface area contributed by atoms with Gasteiger partial charge in [-0.3, -0.25) is 4.79 Å². The zero-order chi connectivity index (χ0) is 15.5. The Labute approximate surface area is 127 Å². The predicted molar refractivity (Wildman–Crippen MR) is 84.2 cm³/mol. The van der Waals surface area contributed by atoms with E-state index in [1.54, 1.807) is 0 Å². The molecule has 0 fully saturated rings. The molecule has 6 nitrogen and oxygen atoms in total. The summed E-state index contributed by atoms with van der Waals surface area (Å²) in [6, 6.07) is 5.14. The van der Waals surface area contributed by atoms with Crippen LogP contribution in [0.3, 0.4) is 0 Å². The van der Waals surface area contributed by atoms with Gasteiger partial charge in [0, 0.05) is 24.3 Å². The molecule has 2 heterocycles. The van der Waals surface area contributed by atoms with Crippen LogP contribution in [-0.4, -0.2) is 20.5 Å². The van der Waals surface area contributed by atoms with Crippen molar-refractivity contribution in [2.45, 2.75) is 43.0 Å². The van der Waals surface area contributed by atoms with E-state index < -0.39 is 0 Å². The smallest absolute Gasteiger partial charge is 0.253 e. The average molecular weight is 305 g/mol. The zero-order valence-electron chi connectivity index (χ0n) is 12.3. The van der Waals surface area contributed by atoms with Crippen molar-refractivity contribution in [1.29, 1.82) is 0 Å². The first-order valence-electron chi connectivity index (χ1n) is 6.56. The molecule has 0 aromatic carbocycles. The van der Waals surface area contributed by atoms with Crippen molar-refractivity contribution >= 4 is 17.6 Å². The first kappa shape index (κ1) is 15.5.